The Morgan fingerprint density at radius 1 is 1.31 bits per heavy atom. The molecule has 0 aliphatic carbocycles. The maximum absolute atomic E-state index is 8.91. The van der Waals surface area contributed by atoms with Crippen molar-refractivity contribution in [2.45, 2.75) is 6.61 Å². The number of aliphatic hydroxyl groups excluding tert-OH is 1. The standard InChI is InChI=1S/C10H10N2O/c11-9-4-8-3-7(6-13)1-2-10(8)12-5-9/h1-5,13H,6,11H2. The molecule has 3 heteroatoms. The molecule has 1 heterocycles. The molecule has 66 valence electrons. The molecule has 0 fully saturated rings. The van der Waals surface area contributed by atoms with Crippen molar-refractivity contribution in [2.75, 3.05) is 5.73 Å². The van der Waals surface area contributed by atoms with Crippen LogP contribution in [0.2, 0.25) is 0 Å². The summed E-state index contributed by atoms with van der Waals surface area (Å²) < 4.78 is 0. The first-order valence-electron chi connectivity index (χ1n) is 4.04. The minimum absolute atomic E-state index is 0.0464. The van der Waals surface area contributed by atoms with Crippen LogP contribution in [-0.4, -0.2) is 10.1 Å². The van der Waals surface area contributed by atoms with Crippen LogP contribution in [0.15, 0.2) is 30.5 Å². The van der Waals surface area contributed by atoms with Gasteiger partial charge < -0.3 is 10.8 Å². The number of pyridine rings is 1. The maximum atomic E-state index is 8.91. The zero-order valence-electron chi connectivity index (χ0n) is 7.07. The van der Waals surface area contributed by atoms with Gasteiger partial charge in [-0.3, -0.25) is 4.98 Å². The van der Waals surface area contributed by atoms with Gasteiger partial charge in [-0.2, -0.15) is 0 Å². The molecule has 3 N–H and O–H groups in total. The quantitative estimate of drug-likeness (QED) is 0.685. The lowest BCUT2D eigenvalue weighted by atomic mass is 10.1. The Hall–Kier alpha value is -1.61. The fourth-order valence-electron chi connectivity index (χ4n) is 1.30. The van der Waals surface area contributed by atoms with Gasteiger partial charge in [0.05, 0.1) is 24.0 Å². The second kappa shape index (κ2) is 3.03. The van der Waals surface area contributed by atoms with Gasteiger partial charge in [0.15, 0.2) is 0 Å². The van der Waals surface area contributed by atoms with Gasteiger partial charge in [-0.1, -0.05) is 6.07 Å². The lowest BCUT2D eigenvalue weighted by Gasteiger charge is -2.00. The molecule has 0 amide bonds. The molecule has 0 unspecified atom stereocenters. The van der Waals surface area contributed by atoms with Crippen molar-refractivity contribution < 1.29 is 5.11 Å². The first kappa shape index (κ1) is 8.01. The van der Waals surface area contributed by atoms with Gasteiger partial charge in [0, 0.05) is 5.39 Å². The number of nitrogen functional groups attached to an aromatic ring is 1. The summed E-state index contributed by atoms with van der Waals surface area (Å²) in [5, 5.41) is 9.88. The number of benzene rings is 1. The summed E-state index contributed by atoms with van der Waals surface area (Å²) in [6.07, 6.45) is 1.63. The first-order valence-corrected chi connectivity index (χ1v) is 4.04. The van der Waals surface area contributed by atoms with E-state index in [1.165, 1.54) is 0 Å². The van der Waals surface area contributed by atoms with E-state index in [1.54, 1.807) is 6.20 Å². The van der Waals surface area contributed by atoms with Gasteiger partial charge in [-0.25, -0.2) is 0 Å². The summed E-state index contributed by atoms with van der Waals surface area (Å²) >= 11 is 0. The SMILES string of the molecule is Nc1cnc2ccc(CO)cc2c1. The van der Waals surface area contributed by atoms with Gasteiger partial charge in [0.2, 0.25) is 0 Å². The van der Waals surface area contributed by atoms with Crippen molar-refractivity contribution in [1.82, 2.24) is 4.98 Å². The molecule has 0 saturated carbocycles. The summed E-state index contributed by atoms with van der Waals surface area (Å²) in [5.41, 5.74) is 8.00. The number of nitrogens with two attached hydrogens (primary N) is 1. The van der Waals surface area contributed by atoms with Crippen molar-refractivity contribution >= 4 is 16.6 Å². The average Bonchev–Trinajstić information content (AvgIpc) is 2.16. The number of fused-ring (bicyclic) bond motifs is 1. The van der Waals surface area contributed by atoms with E-state index in [9.17, 15) is 0 Å². The highest BCUT2D eigenvalue weighted by Crippen LogP contribution is 2.16. The third-order valence-corrected chi connectivity index (χ3v) is 1.95. The van der Waals surface area contributed by atoms with Crippen LogP contribution < -0.4 is 5.73 Å². The minimum atomic E-state index is 0.0464. The largest absolute Gasteiger partial charge is 0.397 e. The molecule has 0 saturated heterocycles. The summed E-state index contributed by atoms with van der Waals surface area (Å²) in [4.78, 5) is 4.15. The highest BCUT2D eigenvalue weighted by Gasteiger charge is 1.96. The Kier molecular flexibility index (Phi) is 1.87. The summed E-state index contributed by atoms with van der Waals surface area (Å²) in [6, 6.07) is 7.46. The average molecular weight is 174 g/mol. The Morgan fingerprint density at radius 3 is 2.92 bits per heavy atom. The fourth-order valence-corrected chi connectivity index (χ4v) is 1.30. The van der Waals surface area contributed by atoms with Crippen molar-refractivity contribution in [3.05, 3.63) is 36.0 Å². The van der Waals surface area contributed by atoms with E-state index >= 15 is 0 Å². The molecule has 2 aromatic rings. The van der Waals surface area contributed by atoms with Crippen molar-refractivity contribution in [1.29, 1.82) is 0 Å². The van der Waals surface area contributed by atoms with Crippen LogP contribution in [0.25, 0.3) is 10.9 Å². The number of anilines is 1. The molecule has 3 nitrogen and oxygen atoms in total. The summed E-state index contributed by atoms with van der Waals surface area (Å²) in [5.74, 6) is 0. The van der Waals surface area contributed by atoms with Gasteiger partial charge in [-0.15, -0.1) is 0 Å². The number of aliphatic hydroxyl groups is 1. The van der Waals surface area contributed by atoms with Crippen LogP contribution in [-0.2, 0) is 6.61 Å². The zero-order valence-corrected chi connectivity index (χ0v) is 7.07. The van der Waals surface area contributed by atoms with Crippen LogP contribution in [0, 0.1) is 0 Å². The number of rotatable bonds is 1. The Labute approximate surface area is 75.8 Å². The van der Waals surface area contributed by atoms with Crippen molar-refractivity contribution in [3.63, 3.8) is 0 Å². The van der Waals surface area contributed by atoms with Crippen LogP contribution >= 0.6 is 0 Å². The normalized spacial score (nSPS) is 10.5. The highest BCUT2D eigenvalue weighted by atomic mass is 16.3. The van der Waals surface area contributed by atoms with Gasteiger partial charge in [-0.05, 0) is 23.8 Å². The number of nitrogens with zero attached hydrogens (tertiary/aromatic N) is 1. The number of aromatic nitrogens is 1. The van der Waals surface area contributed by atoms with E-state index in [4.69, 9.17) is 10.8 Å². The second-order valence-corrected chi connectivity index (χ2v) is 2.95. The van der Waals surface area contributed by atoms with E-state index in [-0.39, 0.29) is 6.61 Å². The van der Waals surface area contributed by atoms with Crippen molar-refractivity contribution in [2.24, 2.45) is 0 Å². The van der Waals surface area contributed by atoms with Gasteiger partial charge in [0.25, 0.3) is 0 Å². The van der Waals surface area contributed by atoms with E-state index in [1.807, 2.05) is 24.3 Å². The molecule has 2 rings (SSSR count). The van der Waals surface area contributed by atoms with E-state index in [0.29, 0.717) is 5.69 Å². The Morgan fingerprint density at radius 2 is 2.15 bits per heavy atom. The van der Waals surface area contributed by atoms with Gasteiger partial charge >= 0.3 is 0 Å². The molecule has 0 aliphatic rings. The minimum Gasteiger partial charge on any atom is -0.397 e. The third kappa shape index (κ3) is 1.46. The van der Waals surface area contributed by atoms with Crippen LogP contribution in [0.1, 0.15) is 5.56 Å². The molecule has 13 heavy (non-hydrogen) atoms. The van der Waals surface area contributed by atoms with E-state index in [2.05, 4.69) is 4.98 Å². The summed E-state index contributed by atoms with van der Waals surface area (Å²) in [7, 11) is 0. The predicted octanol–water partition coefficient (Wildman–Crippen LogP) is 1.31. The van der Waals surface area contributed by atoms with Crippen LogP contribution in [0.4, 0.5) is 5.69 Å². The van der Waals surface area contributed by atoms with Crippen molar-refractivity contribution in [3.8, 4) is 0 Å². The first-order chi connectivity index (χ1) is 6.29. The molecule has 0 radical (unpaired) electrons. The van der Waals surface area contributed by atoms with E-state index < -0.39 is 0 Å². The van der Waals surface area contributed by atoms with Crippen LogP contribution in [0.5, 0.6) is 0 Å². The molecule has 0 bridgehead atoms. The molecule has 1 aromatic carbocycles. The van der Waals surface area contributed by atoms with Gasteiger partial charge in [0.1, 0.15) is 0 Å². The topological polar surface area (TPSA) is 59.1 Å². The van der Waals surface area contributed by atoms with Crippen LogP contribution in [0.3, 0.4) is 0 Å². The molecule has 0 aliphatic heterocycles. The molecule has 0 spiro atoms. The maximum Gasteiger partial charge on any atom is 0.0703 e. The molecular formula is C10H10N2O. The fraction of sp³-hybridized carbons (Fsp3) is 0.100. The van der Waals surface area contributed by atoms with E-state index in [0.717, 1.165) is 16.5 Å². The number of hydrogen-bond acceptors (Lipinski definition) is 3. The second-order valence-electron chi connectivity index (χ2n) is 2.95. The predicted molar refractivity (Wildman–Crippen MR) is 52.1 cm³/mol. The summed E-state index contributed by atoms with van der Waals surface area (Å²) in [6.45, 7) is 0.0464. The Balaban J connectivity index is 2.68. The smallest absolute Gasteiger partial charge is 0.0703 e. The lowest BCUT2D eigenvalue weighted by molar-refractivity contribution is 0.282. The molecular weight excluding hydrogens is 164 g/mol. The third-order valence-electron chi connectivity index (χ3n) is 1.95. The number of hydrogen-bond donors (Lipinski definition) is 2. The molecule has 1 aromatic heterocycles. The zero-order chi connectivity index (χ0) is 9.26. The lowest BCUT2D eigenvalue weighted by Crippen LogP contribution is -1.88. The Bertz CT molecular complexity index is 440. The monoisotopic (exact) mass is 174 g/mol. The highest BCUT2D eigenvalue weighted by molar-refractivity contribution is 5.81. The molecule has 0 atom stereocenters.